The van der Waals surface area contributed by atoms with Crippen molar-refractivity contribution in [1.82, 2.24) is 10.2 Å². The van der Waals surface area contributed by atoms with Gasteiger partial charge in [-0.25, -0.2) is 0 Å². The highest BCUT2D eigenvalue weighted by Gasteiger charge is 2.09. The summed E-state index contributed by atoms with van der Waals surface area (Å²) in [5, 5.41) is 10.6. The van der Waals surface area contributed by atoms with Gasteiger partial charge < -0.3 is 15.5 Å². The fourth-order valence-corrected chi connectivity index (χ4v) is 2.01. The molecule has 0 aliphatic rings. The number of amides is 1. The first-order chi connectivity index (χ1) is 9.17. The first kappa shape index (κ1) is 13.6. The van der Waals surface area contributed by atoms with Crippen LogP contribution in [-0.4, -0.2) is 21.9 Å². The van der Waals surface area contributed by atoms with E-state index >= 15 is 0 Å². The van der Waals surface area contributed by atoms with Crippen LogP contribution in [0.15, 0.2) is 33.9 Å². The molecule has 2 aromatic rings. The highest BCUT2D eigenvalue weighted by Crippen LogP contribution is 2.16. The molecule has 1 aromatic heterocycles. The third-order valence-corrected chi connectivity index (χ3v) is 3.07. The second-order valence-electron chi connectivity index (χ2n) is 3.87. The molecule has 100 valence electrons. The lowest BCUT2D eigenvalue weighted by Crippen LogP contribution is -2.13. The van der Waals surface area contributed by atoms with Crippen LogP contribution in [0.3, 0.4) is 0 Å². The van der Waals surface area contributed by atoms with Crippen molar-refractivity contribution < 1.29 is 9.21 Å². The van der Waals surface area contributed by atoms with E-state index in [0.29, 0.717) is 11.1 Å². The van der Waals surface area contributed by atoms with Crippen LogP contribution in [-0.2, 0) is 11.3 Å². The van der Waals surface area contributed by atoms with Crippen molar-refractivity contribution in [3.8, 4) is 0 Å². The summed E-state index contributed by atoms with van der Waals surface area (Å²) in [6.45, 7) is 2.17. The Morgan fingerprint density at radius 3 is 3.00 bits per heavy atom. The molecule has 3 N–H and O–H groups in total. The first-order valence-electron chi connectivity index (χ1n) is 5.69. The van der Waals surface area contributed by atoms with Gasteiger partial charge in [-0.3, -0.25) is 4.79 Å². The number of nitrogens with two attached hydrogens (primary N) is 1. The van der Waals surface area contributed by atoms with Crippen LogP contribution in [0.1, 0.15) is 11.5 Å². The molecule has 6 nitrogen and oxygen atoms in total. The molecule has 1 heterocycles. The summed E-state index contributed by atoms with van der Waals surface area (Å²) in [4.78, 5) is 11.7. The Labute approximate surface area is 114 Å². The largest absolute Gasteiger partial charge is 0.415 e. The summed E-state index contributed by atoms with van der Waals surface area (Å²) in [5.41, 5.74) is 7.22. The van der Waals surface area contributed by atoms with Gasteiger partial charge in [0.2, 0.25) is 11.8 Å². The van der Waals surface area contributed by atoms with Crippen LogP contribution in [0.5, 0.6) is 0 Å². The molecule has 1 amide bonds. The maximum atomic E-state index is 11.7. The number of rotatable bonds is 5. The Balaban J connectivity index is 1.84. The van der Waals surface area contributed by atoms with Crippen molar-refractivity contribution in [2.75, 3.05) is 11.1 Å². The van der Waals surface area contributed by atoms with Crippen LogP contribution < -0.4 is 11.1 Å². The minimum absolute atomic E-state index is 0.122. The van der Waals surface area contributed by atoms with E-state index in [1.54, 1.807) is 0 Å². The Hall–Kier alpha value is -1.86. The van der Waals surface area contributed by atoms with Crippen LogP contribution in [0.2, 0.25) is 0 Å². The molecular weight excluding hydrogens is 264 g/mol. The molecule has 0 atom stereocenters. The molecule has 0 saturated carbocycles. The monoisotopic (exact) mass is 278 g/mol. The van der Waals surface area contributed by atoms with E-state index < -0.39 is 0 Å². The number of aromatic nitrogens is 2. The van der Waals surface area contributed by atoms with Gasteiger partial charge >= 0.3 is 0 Å². The maximum Gasteiger partial charge on any atom is 0.277 e. The van der Waals surface area contributed by atoms with E-state index in [1.807, 2.05) is 31.2 Å². The standard InChI is InChI=1S/C12H14N4O2S/c1-8-3-2-4-9(5-8)14-10(17)7-19-12-16-15-11(6-13)18-12/h2-5H,6-7,13H2,1H3,(H,14,17). The highest BCUT2D eigenvalue weighted by atomic mass is 32.2. The molecular formula is C12H14N4O2S. The molecule has 0 aliphatic carbocycles. The number of nitrogens with one attached hydrogen (secondary N) is 1. The van der Waals surface area contributed by atoms with E-state index in [4.69, 9.17) is 10.2 Å². The zero-order valence-electron chi connectivity index (χ0n) is 10.4. The number of anilines is 1. The number of benzene rings is 1. The Morgan fingerprint density at radius 1 is 1.47 bits per heavy atom. The number of nitrogens with zero attached hydrogens (tertiary/aromatic N) is 2. The van der Waals surface area contributed by atoms with Crippen LogP contribution in [0, 0.1) is 6.92 Å². The SMILES string of the molecule is Cc1cccc(NC(=O)CSc2nnc(CN)o2)c1. The lowest BCUT2D eigenvalue weighted by atomic mass is 10.2. The second-order valence-corrected chi connectivity index (χ2v) is 4.80. The second kappa shape index (κ2) is 6.35. The zero-order chi connectivity index (χ0) is 13.7. The smallest absolute Gasteiger partial charge is 0.277 e. The van der Waals surface area contributed by atoms with Gasteiger partial charge in [0.25, 0.3) is 5.22 Å². The molecule has 1 aromatic carbocycles. The van der Waals surface area contributed by atoms with E-state index in [1.165, 1.54) is 11.8 Å². The minimum atomic E-state index is -0.122. The highest BCUT2D eigenvalue weighted by molar-refractivity contribution is 7.99. The maximum absolute atomic E-state index is 11.7. The van der Waals surface area contributed by atoms with Crippen molar-refractivity contribution in [2.45, 2.75) is 18.7 Å². The molecule has 0 bridgehead atoms. The minimum Gasteiger partial charge on any atom is -0.415 e. The van der Waals surface area contributed by atoms with Gasteiger partial charge in [0.05, 0.1) is 12.3 Å². The molecule has 2 rings (SSSR count). The normalized spacial score (nSPS) is 10.4. The van der Waals surface area contributed by atoms with Crippen LogP contribution in [0.4, 0.5) is 5.69 Å². The van der Waals surface area contributed by atoms with Gasteiger partial charge in [-0.1, -0.05) is 23.9 Å². The number of thioether (sulfide) groups is 1. The molecule has 0 saturated heterocycles. The summed E-state index contributed by atoms with van der Waals surface area (Å²) in [5.74, 6) is 0.449. The van der Waals surface area contributed by atoms with Gasteiger partial charge in [-0.2, -0.15) is 0 Å². The number of hydrogen-bond acceptors (Lipinski definition) is 6. The van der Waals surface area contributed by atoms with Gasteiger partial charge in [0.1, 0.15) is 0 Å². The molecule has 19 heavy (non-hydrogen) atoms. The molecule has 0 fully saturated rings. The van der Waals surface area contributed by atoms with Crippen LogP contribution in [0.25, 0.3) is 0 Å². The Morgan fingerprint density at radius 2 is 2.32 bits per heavy atom. The van der Waals surface area contributed by atoms with Crippen molar-refractivity contribution in [1.29, 1.82) is 0 Å². The topological polar surface area (TPSA) is 94.0 Å². The van der Waals surface area contributed by atoms with E-state index in [9.17, 15) is 4.79 Å². The fourth-order valence-electron chi connectivity index (χ4n) is 1.43. The molecule has 0 aliphatic heterocycles. The summed E-state index contributed by atoms with van der Waals surface area (Å²) in [6.07, 6.45) is 0. The van der Waals surface area contributed by atoms with Crippen molar-refractivity contribution >= 4 is 23.4 Å². The van der Waals surface area contributed by atoms with Gasteiger partial charge in [0, 0.05) is 5.69 Å². The number of aryl methyl sites for hydroxylation is 1. The van der Waals surface area contributed by atoms with Crippen molar-refractivity contribution in [3.63, 3.8) is 0 Å². The lowest BCUT2D eigenvalue weighted by molar-refractivity contribution is -0.113. The summed E-state index contributed by atoms with van der Waals surface area (Å²) >= 11 is 1.18. The zero-order valence-corrected chi connectivity index (χ0v) is 11.2. The molecule has 7 heteroatoms. The van der Waals surface area contributed by atoms with E-state index in [-0.39, 0.29) is 18.2 Å². The van der Waals surface area contributed by atoms with E-state index in [2.05, 4.69) is 15.5 Å². The number of carbonyl (C=O) groups is 1. The van der Waals surface area contributed by atoms with Crippen molar-refractivity contribution in [2.24, 2.45) is 5.73 Å². The van der Waals surface area contributed by atoms with E-state index in [0.717, 1.165) is 11.3 Å². The third kappa shape index (κ3) is 4.08. The molecule has 0 radical (unpaired) electrons. The predicted molar refractivity (Wildman–Crippen MR) is 72.7 cm³/mol. The van der Waals surface area contributed by atoms with Gasteiger partial charge in [0.15, 0.2) is 0 Å². The first-order valence-corrected chi connectivity index (χ1v) is 6.67. The van der Waals surface area contributed by atoms with Crippen molar-refractivity contribution in [3.05, 3.63) is 35.7 Å². The summed E-state index contributed by atoms with van der Waals surface area (Å²) < 4.78 is 5.19. The quantitative estimate of drug-likeness (QED) is 0.806. The number of carbonyl (C=O) groups excluding carboxylic acids is 1. The fraction of sp³-hybridized carbons (Fsp3) is 0.250. The summed E-state index contributed by atoms with van der Waals surface area (Å²) in [6, 6.07) is 7.61. The predicted octanol–water partition coefficient (Wildman–Crippen LogP) is 1.57. The van der Waals surface area contributed by atoms with Crippen LogP contribution >= 0.6 is 11.8 Å². The molecule has 0 spiro atoms. The molecule has 0 unspecified atom stereocenters. The Bertz CT molecular complexity index is 570. The van der Waals surface area contributed by atoms with Gasteiger partial charge in [-0.15, -0.1) is 10.2 Å². The lowest BCUT2D eigenvalue weighted by Gasteiger charge is -2.04. The Kier molecular flexibility index (Phi) is 4.53. The van der Waals surface area contributed by atoms with Gasteiger partial charge in [-0.05, 0) is 24.6 Å². The summed E-state index contributed by atoms with van der Waals surface area (Å²) in [7, 11) is 0. The third-order valence-electron chi connectivity index (χ3n) is 2.25. The average molecular weight is 278 g/mol. The average Bonchev–Trinajstić information content (AvgIpc) is 2.84. The number of hydrogen-bond donors (Lipinski definition) is 2.